The molecule has 0 fully saturated rings. The molecule has 5 nitrogen and oxygen atoms in total. The zero-order valence-electron chi connectivity index (χ0n) is 14.4. The van der Waals surface area contributed by atoms with Crippen molar-refractivity contribution in [2.75, 3.05) is 10.2 Å². The molecule has 0 amide bonds. The van der Waals surface area contributed by atoms with E-state index in [1.54, 1.807) is 0 Å². The lowest BCUT2D eigenvalue weighted by Gasteiger charge is -2.44. The zero-order chi connectivity index (χ0) is 18.0. The summed E-state index contributed by atoms with van der Waals surface area (Å²) in [7, 11) is 0. The molecule has 5 heteroatoms. The van der Waals surface area contributed by atoms with Crippen molar-refractivity contribution >= 4 is 23.0 Å². The van der Waals surface area contributed by atoms with Crippen LogP contribution in [-0.4, -0.2) is 21.8 Å². The first-order chi connectivity index (χ1) is 12.0. The first-order valence-electron chi connectivity index (χ1n) is 8.31. The van der Waals surface area contributed by atoms with Gasteiger partial charge in [0.25, 0.3) is 0 Å². The van der Waals surface area contributed by atoms with Crippen LogP contribution in [0.1, 0.15) is 25.3 Å². The number of anilines is 3. The minimum absolute atomic E-state index is 0.0334. The van der Waals surface area contributed by atoms with Gasteiger partial charge in [0, 0.05) is 23.5 Å². The van der Waals surface area contributed by atoms with Gasteiger partial charge in [-0.25, -0.2) is 4.79 Å². The van der Waals surface area contributed by atoms with Gasteiger partial charge in [0.15, 0.2) is 0 Å². The first-order valence-corrected chi connectivity index (χ1v) is 8.31. The summed E-state index contributed by atoms with van der Waals surface area (Å²) in [6.07, 6.45) is 1.49. The molecule has 0 saturated carbocycles. The molecule has 0 radical (unpaired) electrons. The van der Waals surface area contributed by atoms with Crippen molar-refractivity contribution in [1.29, 1.82) is 0 Å². The standard InChI is InChI=1S/C20H22N2O3/c1-3-20(12-15(13-23)19(24)25)21-16-6-10-18(11-7-16)22(20)17-8-4-14(2)5-9-17/h4-11,13,21,23H,3,12H2,1-2H3,(H,24,25). The topological polar surface area (TPSA) is 72.8 Å². The monoisotopic (exact) mass is 338 g/mol. The predicted molar refractivity (Wildman–Crippen MR) is 99.4 cm³/mol. The maximum Gasteiger partial charge on any atom is 0.334 e. The molecular formula is C20H22N2O3. The molecule has 130 valence electrons. The maximum atomic E-state index is 11.5. The Bertz CT molecular complexity index is 797. The van der Waals surface area contributed by atoms with Crippen LogP contribution in [-0.2, 0) is 4.79 Å². The number of hydrogen-bond acceptors (Lipinski definition) is 4. The fourth-order valence-corrected chi connectivity index (χ4v) is 3.34. The number of rotatable bonds is 5. The molecule has 2 bridgehead atoms. The highest BCUT2D eigenvalue weighted by atomic mass is 16.4. The number of carbonyl (C=O) groups is 1. The minimum Gasteiger partial charge on any atom is -0.515 e. The van der Waals surface area contributed by atoms with Gasteiger partial charge in [0.2, 0.25) is 0 Å². The summed E-state index contributed by atoms with van der Waals surface area (Å²) >= 11 is 0. The number of benzene rings is 2. The summed E-state index contributed by atoms with van der Waals surface area (Å²) in [5, 5.41) is 22.3. The third-order valence-corrected chi connectivity index (χ3v) is 4.72. The largest absolute Gasteiger partial charge is 0.515 e. The van der Waals surface area contributed by atoms with Gasteiger partial charge in [-0.1, -0.05) is 24.6 Å². The van der Waals surface area contributed by atoms with E-state index >= 15 is 0 Å². The van der Waals surface area contributed by atoms with Crippen LogP contribution in [0.4, 0.5) is 17.1 Å². The summed E-state index contributed by atoms with van der Waals surface area (Å²) in [6.45, 7) is 4.04. The molecule has 2 aliphatic heterocycles. The summed E-state index contributed by atoms with van der Waals surface area (Å²) < 4.78 is 0. The van der Waals surface area contributed by atoms with Crippen molar-refractivity contribution in [3.63, 3.8) is 0 Å². The summed E-state index contributed by atoms with van der Waals surface area (Å²) in [4.78, 5) is 13.6. The molecule has 1 unspecified atom stereocenters. The van der Waals surface area contributed by atoms with E-state index in [-0.39, 0.29) is 12.0 Å². The molecule has 0 spiro atoms. The average Bonchev–Trinajstić information content (AvgIpc) is 2.86. The number of fused-ring (bicyclic) bond motifs is 4. The Hall–Kier alpha value is -2.95. The van der Waals surface area contributed by atoms with E-state index in [0.717, 1.165) is 22.6 Å². The Labute approximate surface area is 147 Å². The van der Waals surface area contributed by atoms with Crippen LogP contribution in [0.2, 0.25) is 0 Å². The number of hydrogen-bond donors (Lipinski definition) is 3. The minimum atomic E-state index is -1.12. The quantitative estimate of drug-likeness (QED) is 0.550. The van der Waals surface area contributed by atoms with Crippen molar-refractivity contribution < 1.29 is 15.0 Å². The Morgan fingerprint density at radius 3 is 2.16 bits per heavy atom. The second-order valence-corrected chi connectivity index (χ2v) is 6.36. The van der Waals surface area contributed by atoms with Crippen molar-refractivity contribution in [3.8, 4) is 0 Å². The van der Waals surface area contributed by atoms with E-state index in [1.807, 2.05) is 62.4 Å². The lowest BCUT2D eigenvalue weighted by atomic mass is 9.94. The summed E-state index contributed by atoms with van der Waals surface area (Å²) in [5.74, 6) is -1.12. The molecule has 1 atom stereocenters. The van der Waals surface area contributed by atoms with Crippen LogP contribution < -0.4 is 10.2 Å². The molecular weight excluding hydrogens is 316 g/mol. The van der Waals surface area contributed by atoms with Crippen molar-refractivity contribution in [2.24, 2.45) is 0 Å². The van der Waals surface area contributed by atoms with Gasteiger partial charge in [0.05, 0.1) is 11.8 Å². The van der Waals surface area contributed by atoms with Gasteiger partial charge in [-0.05, 0) is 49.7 Å². The Kier molecular flexibility index (Phi) is 4.40. The van der Waals surface area contributed by atoms with Crippen LogP contribution in [0.3, 0.4) is 0 Å². The van der Waals surface area contributed by atoms with Gasteiger partial charge >= 0.3 is 5.97 Å². The molecule has 0 saturated heterocycles. The maximum absolute atomic E-state index is 11.5. The zero-order valence-corrected chi connectivity index (χ0v) is 14.4. The van der Waals surface area contributed by atoms with E-state index < -0.39 is 11.6 Å². The molecule has 2 heterocycles. The average molecular weight is 338 g/mol. The number of carboxylic acids is 1. The summed E-state index contributed by atoms with van der Waals surface area (Å²) in [6, 6.07) is 16.1. The molecule has 0 aromatic heterocycles. The molecule has 2 aliphatic rings. The number of aliphatic hydroxyl groups is 1. The Morgan fingerprint density at radius 2 is 1.68 bits per heavy atom. The van der Waals surface area contributed by atoms with Crippen LogP contribution in [0.15, 0.2) is 60.4 Å². The van der Waals surface area contributed by atoms with Crippen LogP contribution >= 0.6 is 0 Å². The van der Waals surface area contributed by atoms with Gasteiger partial charge in [-0.3, -0.25) is 0 Å². The van der Waals surface area contributed by atoms with Gasteiger partial charge in [0.1, 0.15) is 5.66 Å². The molecule has 2 aromatic carbocycles. The van der Waals surface area contributed by atoms with Crippen LogP contribution in [0, 0.1) is 6.92 Å². The molecule has 3 N–H and O–H groups in total. The number of carboxylic acid groups (broad SMARTS) is 1. The number of aliphatic hydroxyl groups excluding tert-OH is 1. The number of nitrogens with zero attached hydrogens (tertiary/aromatic N) is 1. The van der Waals surface area contributed by atoms with Gasteiger partial charge in [-0.15, -0.1) is 0 Å². The van der Waals surface area contributed by atoms with E-state index in [1.165, 1.54) is 0 Å². The van der Waals surface area contributed by atoms with E-state index in [9.17, 15) is 15.0 Å². The van der Waals surface area contributed by atoms with Crippen molar-refractivity contribution in [3.05, 3.63) is 65.9 Å². The Morgan fingerprint density at radius 1 is 1.12 bits per heavy atom. The second kappa shape index (κ2) is 6.51. The van der Waals surface area contributed by atoms with Crippen LogP contribution in [0.25, 0.3) is 0 Å². The molecule has 4 rings (SSSR count). The molecule has 25 heavy (non-hydrogen) atoms. The second-order valence-electron chi connectivity index (χ2n) is 6.36. The summed E-state index contributed by atoms with van der Waals surface area (Å²) in [5.41, 5.74) is 3.29. The highest BCUT2D eigenvalue weighted by Gasteiger charge is 2.40. The SMILES string of the molecule is CCC1(CC(=CO)C(=O)O)Nc2ccc(cc2)N1c1ccc(C)cc1. The Balaban J connectivity index is 2.14. The van der Waals surface area contributed by atoms with Crippen molar-refractivity contribution in [2.45, 2.75) is 32.4 Å². The third kappa shape index (κ3) is 3.05. The smallest absolute Gasteiger partial charge is 0.334 e. The number of aliphatic carboxylic acids is 1. The van der Waals surface area contributed by atoms with Gasteiger partial charge < -0.3 is 20.4 Å². The fourth-order valence-electron chi connectivity index (χ4n) is 3.34. The number of aryl methyl sites for hydroxylation is 1. The third-order valence-electron chi connectivity index (χ3n) is 4.72. The fraction of sp³-hybridized carbons (Fsp3) is 0.250. The lowest BCUT2D eigenvalue weighted by molar-refractivity contribution is -0.133. The van der Waals surface area contributed by atoms with Gasteiger partial charge in [-0.2, -0.15) is 0 Å². The first kappa shape index (κ1) is 16.9. The van der Waals surface area contributed by atoms with E-state index in [0.29, 0.717) is 12.7 Å². The van der Waals surface area contributed by atoms with E-state index in [4.69, 9.17) is 0 Å². The highest BCUT2D eigenvalue weighted by Crippen LogP contribution is 2.42. The molecule has 2 aromatic rings. The predicted octanol–water partition coefficient (Wildman–Crippen LogP) is 4.58. The normalized spacial score (nSPS) is 19.4. The highest BCUT2D eigenvalue weighted by molar-refractivity contribution is 5.87. The van der Waals surface area contributed by atoms with E-state index in [2.05, 4.69) is 10.2 Å². The van der Waals surface area contributed by atoms with Crippen LogP contribution in [0.5, 0.6) is 0 Å². The lowest BCUT2D eigenvalue weighted by Crippen LogP contribution is -2.52. The van der Waals surface area contributed by atoms with Crippen molar-refractivity contribution in [1.82, 2.24) is 0 Å². The molecule has 0 aliphatic carbocycles. The number of nitrogens with one attached hydrogen (secondary N) is 1.